The van der Waals surface area contributed by atoms with E-state index in [0.29, 0.717) is 36.4 Å². The lowest BCUT2D eigenvalue weighted by Crippen LogP contribution is -2.52. The minimum absolute atomic E-state index is 0.0308. The van der Waals surface area contributed by atoms with Crippen molar-refractivity contribution in [2.45, 2.75) is 50.7 Å². The van der Waals surface area contributed by atoms with Gasteiger partial charge in [-0.3, -0.25) is 24.5 Å². The average molecular weight is 528 g/mol. The number of benzene rings is 2. The van der Waals surface area contributed by atoms with E-state index in [1.807, 2.05) is 47.5 Å². The summed E-state index contributed by atoms with van der Waals surface area (Å²) in [5.41, 5.74) is 2.77. The Bertz CT molecular complexity index is 1440. The van der Waals surface area contributed by atoms with Crippen LogP contribution in [0.5, 0.6) is 5.75 Å². The van der Waals surface area contributed by atoms with Gasteiger partial charge in [-0.05, 0) is 73.7 Å². The first-order valence-corrected chi connectivity index (χ1v) is 13.3. The van der Waals surface area contributed by atoms with Gasteiger partial charge in [-0.1, -0.05) is 6.07 Å². The second-order valence-corrected chi connectivity index (χ2v) is 10.2. The Hall–Kier alpha value is -4.47. The number of amides is 4. The lowest BCUT2D eigenvalue weighted by molar-refractivity contribution is -0.136. The Labute approximate surface area is 225 Å². The van der Waals surface area contributed by atoms with Crippen molar-refractivity contribution >= 4 is 23.6 Å². The summed E-state index contributed by atoms with van der Waals surface area (Å²) in [6, 6.07) is 13.9. The van der Waals surface area contributed by atoms with Gasteiger partial charge >= 0.3 is 0 Å². The molecule has 2 aromatic carbocycles. The van der Waals surface area contributed by atoms with Crippen molar-refractivity contribution in [2.24, 2.45) is 0 Å². The van der Waals surface area contributed by atoms with Gasteiger partial charge in [0.2, 0.25) is 11.8 Å². The number of fused-ring (bicyclic) bond motifs is 1. The van der Waals surface area contributed by atoms with E-state index in [4.69, 9.17) is 4.74 Å². The molecular formula is C29H29N5O5. The second kappa shape index (κ2) is 10.4. The summed E-state index contributed by atoms with van der Waals surface area (Å²) < 4.78 is 7.89. The van der Waals surface area contributed by atoms with Crippen LogP contribution in [-0.4, -0.2) is 68.4 Å². The minimum Gasteiger partial charge on any atom is -0.491 e. The quantitative estimate of drug-likeness (QED) is 0.493. The lowest BCUT2D eigenvalue weighted by atomic mass is 10.0. The van der Waals surface area contributed by atoms with Gasteiger partial charge in [0.1, 0.15) is 18.4 Å². The van der Waals surface area contributed by atoms with Gasteiger partial charge in [0, 0.05) is 43.0 Å². The lowest BCUT2D eigenvalue weighted by Gasteiger charge is -2.35. The third kappa shape index (κ3) is 4.89. The van der Waals surface area contributed by atoms with Crippen molar-refractivity contribution in [1.29, 1.82) is 0 Å². The Morgan fingerprint density at radius 1 is 1.05 bits per heavy atom. The predicted molar refractivity (Wildman–Crippen MR) is 140 cm³/mol. The molecule has 0 saturated carbocycles. The molecule has 0 bridgehead atoms. The molecular weight excluding hydrogens is 498 g/mol. The molecule has 1 N–H and O–H groups in total. The van der Waals surface area contributed by atoms with E-state index in [-0.39, 0.29) is 36.7 Å². The number of rotatable bonds is 6. The van der Waals surface area contributed by atoms with Crippen molar-refractivity contribution in [3.63, 3.8) is 0 Å². The van der Waals surface area contributed by atoms with Crippen LogP contribution < -0.4 is 10.1 Å². The number of aromatic nitrogens is 2. The highest BCUT2D eigenvalue weighted by molar-refractivity contribution is 6.05. The molecule has 2 fully saturated rings. The Morgan fingerprint density at radius 2 is 1.95 bits per heavy atom. The number of carbonyl (C=O) groups excluding carboxylic acids is 4. The van der Waals surface area contributed by atoms with Gasteiger partial charge in [0.15, 0.2) is 0 Å². The predicted octanol–water partition coefficient (Wildman–Crippen LogP) is 2.71. The molecule has 1 unspecified atom stereocenters. The van der Waals surface area contributed by atoms with Crippen LogP contribution in [0.2, 0.25) is 0 Å². The minimum atomic E-state index is -0.652. The monoisotopic (exact) mass is 527 g/mol. The van der Waals surface area contributed by atoms with Gasteiger partial charge in [-0.15, -0.1) is 0 Å². The Balaban J connectivity index is 1.13. The Morgan fingerprint density at radius 3 is 2.77 bits per heavy atom. The summed E-state index contributed by atoms with van der Waals surface area (Å²) in [4.78, 5) is 53.7. The smallest absolute Gasteiger partial charge is 0.255 e. The van der Waals surface area contributed by atoms with Crippen LogP contribution in [0.25, 0.3) is 5.69 Å². The number of hydrogen-bond acceptors (Lipinski definition) is 6. The van der Waals surface area contributed by atoms with Gasteiger partial charge in [0.25, 0.3) is 11.8 Å². The van der Waals surface area contributed by atoms with E-state index in [1.54, 1.807) is 23.0 Å². The summed E-state index contributed by atoms with van der Waals surface area (Å²) in [5, 5.41) is 6.58. The van der Waals surface area contributed by atoms with E-state index in [2.05, 4.69) is 10.4 Å². The number of nitrogens with zero attached hydrogens (tertiary/aromatic N) is 4. The molecule has 4 heterocycles. The van der Waals surface area contributed by atoms with Crippen LogP contribution in [-0.2, 0) is 16.1 Å². The summed E-state index contributed by atoms with van der Waals surface area (Å²) in [6.07, 6.45) is 6.89. The van der Waals surface area contributed by atoms with Gasteiger partial charge in [0.05, 0.1) is 11.7 Å². The van der Waals surface area contributed by atoms with Gasteiger partial charge < -0.3 is 14.5 Å². The molecule has 10 heteroatoms. The highest BCUT2D eigenvalue weighted by atomic mass is 16.5. The normalized spacial score (nSPS) is 21.1. The molecule has 0 spiro atoms. The number of likely N-dealkylation sites (tertiary alicyclic amines) is 1. The zero-order valence-corrected chi connectivity index (χ0v) is 21.4. The van der Waals surface area contributed by atoms with Crippen LogP contribution in [0.3, 0.4) is 0 Å². The maximum atomic E-state index is 13.5. The largest absolute Gasteiger partial charge is 0.491 e. The zero-order valence-electron chi connectivity index (χ0n) is 21.4. The fraction of sp³-hybridized carbons (Fsp3) is 0.345. The molecule has 39 heavy (non-hydrogen) atoms. The molecule has 6 rings (SSSR count). The standard InChI is InChI=1S/C29H29N5O5/c35-26-11-10-25(27(36)31-26)33-17-20-16-23(8-9-24(20)29(33)38)39-18-22-6-1-2-13-32(22)28(37)19-5-3-7-21(15-19)34-14-4-12-30-34/h3-5,7-9,12,14-16,22,25H,1-2,6,10-11,13,17-18H2,(H,31,35,36)/t22-,25?/m1/s1. The summed E-state index contributed by atoms with van der Waals surface area (Å²) in [6.45, 7) is 1.30. The maximum absolute atomic E-state index is 13.5. The van der Waals surface area contributed by atoms with Crippen molar-refractivity contribution in [3.05, 3.63) is 77.6 Å². The SMILES string of the molecule is O=C1CCC(N2Cc3cc(OC[C@H]4CCCCN4C(=O)c4cccc(-n5cccn5)c4)ccc3C2=O)C(=O)N1. The van der Waals surface area contributed by atoms with Crippen molar-refractivity contribution in [1.82, 2.24) is 24.9 Å². The van der Waals surface area contributed by atoms with E-state index < -0.39 is 11.9 Å². The van der Waals surface area contributed by atoms with Crippen molar-refractivity contribution in [2.75, 3.05) is 13.2 Å². The van der Waals surface area contributed by atoms with Crippen LogP contribution in [0.1, 0.15) is 58.4 Å². The molecule has 2 saturated heterocycles. The molecule has 0 aliphatic carbocycles. The second-order valence-electron chi connectivity index (χ2n) is 10.2. The summed E-state index contributed by atoms with van der Waals surface area (Å²) >= 11 is 0. The molecule has 0 radical (unpaired) electrons. The van der Waals surface area contributed by atoms with Gasteiger partial charge in [-0.2, -0.15) is 5.10 Å². The zero-order chi connectivity index (χ0) is 26.9. The molecule has 1 aromatic heterocycles. The van der Waals surface area contributed by atoms with E-state index in [9.17, 15) is 19.2 Å². The van der Waals surface area contributed by atoms with E-state index in [1.165, 1.54) is 4.90 Å². The Kier molecular flexibility index (Phi) is 6.60. The van der Waals surface area contributed by atoms with Gasteiger partial charge in [-0.25, -0.2) is 4.68 Å². The summed E-state index contributed by atoms with van der Waals surface area (Å²) in [5.74, 6) is -0.368. The number of nitrogens with one attached hydrogen (secondary N) is 1. The molecule has 3 aliphatic heterocycles. The fourth-order valence-corrected chi connectivity index (χ4v) is 5.64. The number of carbonyl (C=O) groups is 4. The molecule has 10 nitrogen and oxygen atoms in total. The molecule has 3 aliphatic rings. The third-order valence-electron chi connectivity index (χ3n) is 7.69. The summed E-state index contributed by atoms with van der Waals surface area (Å²) in [7, 11) is 0. The van der Waals surface area contributed by atoms with E-state index in [0.717, 1.165) is 30.5 Å². The first-order valence-electron chi connectivity index (χ1n) is 13.3. The highest BCUT2D eigenvalue weighted by Gasteiger charge is 2.39. The number of piperidine rings is 2. The third-order valence-corrected chi connectivity index (χ3v) is 7.69. The maximum Gasteiger partial charge on any atom is 0.255 e. The van der Waals surface area contributed by atoms with E-state index >= 15 is 0 Å². The van der Waals surface area contributed by atoms with Crippen LogP contribution in [0, 0.1) is 0 Å². The fourth-order valence-electron chi connectivity index (χ4n) is 5.64. The molecule has 3 aromatic rings. The number of imide groups is 1. The molecule has 200 valence electrons. The number of hydrogen-bond donors (Lipinski definition) is 1. The molecule has 4 amide bonds. The van der Waals surface area contributed by atoms with Crippen molar-refractivity contribution < 1.29 is 23.9 Å². The van der Waals surface area contributed by atoms with Crippen LogP contribution in [0.4, 0.5) is 0 Å². The first-order chi connectivity index (χ1) is 19.0. The topological polar surface area (TPSA) is 114 Å². The van der Waals surface area contributed by atoms with Crippen molar-refractivity contribution in [3.8, 4) is 11.4 Å². The molecule has 2 atom stereocenters. The highest BCUT2D eigenvalue weighted by Crippen LogP contribution is 2.31. The average Bonchev–Trinajstić information content (AvgIpc) is 3.60. The van der Waals surface area contributed by atoms with Crippen LogP contribution >= 0.6 is 0 Å². The number of ether oxygens (including phenoxy) is 1. The van der Waals surface area contributed by atoms with Crippen LogP contribution in [0.15, 0.2) is 60.9 Å². The first kappa shape index (κ1) is 24.8.